The summed E-state index contributed by atoms with van der Waals surface area (Å²) in [5.74, 6) is -1.01. The molecule has 2 heterocycles. The van der Waals surface area contributed by atoms with Gasteiger partial charge < -0.3 is 4.90 Å². The van der Waals surface area contributed by atoms with Crippen molar-refractivity contribution in [2.45, 2.75) is 12.5 Å². The summed E-state index contributed by atoms with van der Waals surface area (Å²) in [7, 11) is 0. The van der Waals surface area contributed by atoms with Crippen LogP contribution in [-0.2, 0) is 4.79 Å². The first-order chi connectivity index (χ1) is 10.1. The molecule has 3 amide bonds. The van der Waals surface area contributed by atoms with Gasteiger partial charge in [-0.25, -0.2) is 4.39 Å². The number of likely N-dealkylation sites (tertiary alicyclic amines) is 1. The summed E-state index contributed by atoms with van der Waals surface area (Å²) in [5, 5.41) is -0.259. The summed E-state index contributed by atoms with van der Waals surface area (Å²) in [6.07, 6.45) is 0.540. The van der Waals surface area contributed by atoms with E-state index in [1.54, 1.807) is 6.07 Å². The Morgan fingerprint density at radius 3 is 2.71 bits per heavy atom. The number of carbonyl (C=O) groups excluding carboxylic acids is 3. The van der Waals surface area contributed by atoms with Crippen LogP contribution in [0.4, 0.5) is 9.18 Å². The molecule has 0 aliphatic carbocycles. The molecule has 0 radical (unpaired) electrons. The van der Waals surface area contributed by atoms with Gasteiger partial charge >= 0.3 is 0 Å². The molecule has 2 fully saturated rings. The SMILES string of the molecule is O=C(c1ccccc1F)N1CCC(N2C(=O)CSC2=O)C1. The third-order valence-corrected chi connectivity index (χ3v) is 4.54. The molecule has 110 valence electrons. The summed E-state index contributed by atoms with van der Waals surface area (Å²) in [6.45, 7) is 0.685. The lowest BCUT2D eigenvalue weighted by molar-refractivity contribution is -0.126. The van der Waals surface area contributed by atoms with Gasteiger partial charge in [0.05, 0.1) is 17.4 Å². The van der Waals surface area contributed by atoms with Gasteiger partial charge in [0.15, 0.2) is 0 Å². The highest BCUT2D eigenvalue weighted by molar-refractivity contribution is 8.14. The number of hydrogen-bond donors (Lipinski definition) is 0. The zero-order chi connectivity index (χ0) is 15.0. The molecule has 0 spiro atoms. The van der Waals surface area contributed by atoms with E-state index in [1.807, 2.05) is 0 Å². The molecule has 0 saturated carbocycles. The Balaban J connectivity index is 1.73. The number of thioether (sulfide) groups is 1. The number of imide groups is 1. The van der Waals surface area contributed by atoms with Gasteiger partial charge in [-0.15, -0.1) is 0 Å². The molecule has 1 atom stereocenters. The molecule has 2 aliphatic heterocycles. The van der Waals surface area contributed by atoms with Crippen LogP contribution >= 0.6 is 11.8 Å². The maximum absolute atomic E-state index is 13.6. The summed E-state index contributed by atoms with van der Waals surface area (Å²) in [5.41, 5.74) is 0.0200. The van der Waals surface area contributed by atoms with Crippen molar-refractivity contribution in [1.82, 2.24) is 9.80 Å². The van der Waals surface area contributed by atoms with E-state index in [0.717, 1.165) is 11.8 Å². The van der Waals surface area contributed by atoms with Crippen molar-refractivity contribution in [2.75, 3.05) is 18.8 Å². The fourth-order valence-corrected chi connectivity index (χ4v) is 3.44. The molecule has 21 heavy (non-hydrogen) atoms. The van der Waals surface area contributed by atoms with Gasteiger partial charge in [-0.1, -0.05) is 23.9 Å². The molecule has 2 saturated heterocycles. The molecule has 1 aromatic carbocycles. The van der Waals surface area contributed by atoms with Crippen molar-refractivity contribution in [1.29, 1.82) is 0 Å². The van der Waals surface area contributed by atoms with Crippen molar-refractivity contribution in [3.8, 4) is 0 Å². The van der Waals surface area contributed by atoms with Gasteiger partial charge in [0.1, 0.15) is 5.82 Å². The maximum atomic E-state index is 13.6. The fourth-order valence-electron chi connectivity index (χ4n) is 2.66. The first-order valence-corrected chi connectivity index (χ1v) is 7.59. The quantitative estimate of drug-likeness (QED) is 0.835. The summed E-state index contributed by atoms with van der Waals surface area (Å²) in [4.78, 5) is 38.4. The van der Waals surface area contributed by atoms with Gasteiger partial charge in [0.25, 0.3) is 11.1 Å². The van der Waals surface area contributed by atoms with Gasteiger partial charge in [-0.3, -0.25) is 19.3 Å². The second kappa shape index (κ2) is 5.48. The minimum Gasteiger partial charge on any atom is -0.336 e. The van der Waals surface area contributed by atoms with Crippen LogP contribution in [0.5, 0.6) is 0 Å². The average Bonchev–Trinajstić information content (AvgIpc) is 3.06. The Labute approximate surface area is 125 Å². The van der Waals surface area contributed by atoms with E-state index in [-0.39, 0.29) is 35.0 Å². The number of rotatable bonds is 2. The van der Waals surface area contributed by atoms with E-state index < -0.39 is 11.7 Å². The second-order valence-corrected chi connectivity index (χ2v) is 5.92. The molecule has 0 bridgehead atoms. The van der Waals surface area contributed by atoms with Crippen molar-refractivity contribution >= 4 is 28.8 Å². The van der Waals surface area contributed by atoms with Crippen LogP contribution in [0.25, 0.3) is 0 Å². The molecule has 3 rings (SSSR count). The van der Waals surface area contributed by atoms with Crippen molar-refractivity contribution in [2.24, 2.45) is 0 Å². The fraction of sp³-hybridized carbons (Fsp3) is 0.357. The first-order valence-electron chi connectivity index (χ1n) is 6.60. The van der Waals surface area contributed by atoms with Crippen molar-refractivity contribution < 1.29 is 18.8 Å². The molecule has 0 aromatic heterocycles. The highest BCUT2D eigenvalue weighted by Gasteiger charge is 2.40. The number of halogens is 1. The predicted molar refractivity (Wildman–Crippen MR) is 75.4 cm³/mol. The zero-order valence-corrected chi connectivity index (χ0v) is 11.9. The van der Waals surface area contributed by atoms with E-state index in [9.17, 15) is 18.8 Å². The third kappa shape index (κ3) is 2.53. The maximum Gasteiger partial charge on any atom is 0.289 e. The van der Waals surface area contributed by atoms with E-state index in [1.165, 1.54) is 28.0 Å². The van der Waals surface area contributed by atoms with Crippen LogP contribution < -0.4 is 0 Å². The first kappa shape index (κ1) is 14.1. The zero-order valence-electron chi connectivity index (χ0n) is 11.1. The van der Waals surface area contributed by atoms with Gasteiger partial charge in [0, 0.05) is 13.1 Å². The molecule has 5 nitrogen and oxygen atoms in total. The van der Waals surface area contributed by atoms with E-state index in [4.69, 9.17) is 0 Å². The highest BCUT2D eigenvalue weighted by Crippen LogP contribution is 2.27. The Morgan fingerprint density at radius 2 is 2.05 bits per heavy atom. The number of benzene rings is 1. The summed E-state index contributed by atoms with van der Waals surface area (Å²) in [6, 6.07) is 5.51. The molecule has 2 aliphatic rings. The molecular weight excluding hydrogens is 295 g/mol. The van der Waals surface area contributed by atoms with Crippen LogP contribution in [0, 0.1) is 5.82 Å². The average molecular weight is 308 g/mol. The van der Waals surface area contributed by atoms with Crippen LogP contribution in [-0.4, -0.2) is 51.7 Å². The number of hydrogen-bond acceptors (Lipinski definition) is 4. The second-order valence-electron chi connectivity index (χ2n) is 4.99. The summed E-state index contributed by atoms with van der Waals surface area (Å²) < 4.78 is 13.6. The lowest BCUT2D eigenvalue weighted by atomic mass is 10.2. The predicted octanol–water partition coefficient (Wildman–Crippen LogP) is 1.74. The Hall–Kier alpha value is -1.89. The van der Waals surface area contributed by atoms with Crippen molar-refractivity contribution in [3.05, 3.63) is 35.6 Å². The summed E-state index contributed by atoms with van der Waals surface area (Å²) >= 11 is 0.983. The molecule has 0 N–H and O–H groups in total. The van der Waals surface area contributed by atoms with E-state index >= 15 is 0 Å². The largest absolute Gasteiger partial charge is 0.336 e. The number of carbonyl (C=O) groups is 3. The van der Waals surface area contributed by atoms with E-state index in [0.29, 0.717) is 13.0 Å². The number of nitrogens with zero attached hydrogens (tertiary/aromatic N) is 2. The minimum atomic E-state index is -0.560. The van der Waals surface area contributed by atoms with Crippen LogP contribution in [0.2, 0.25) is 0 Å². The Morgan fingerprint density at radius 1 is 1.29 bits per heavy atom. The smallest absolute Gasteiger partial charge is 0.289 e. The number of amides is 3. The van der Waals surface area contributed by atoms with Gasteiger partial charge in [-0.2, -0.15) is 0 Å². The lowest BCUT2D eigenvalue weighted by Gasteiger charge is -2.22. The normalized spacial score (nSPS) is 22.2. The van der Waals surface area contributed by atoms with Crippen LogP contribution in [0.1, 0.15) is 16.8 Å². The van der Waals surface area contributed by atoms with Gasteiger partial charge in [0.2, 0.25) is 5.91 Å². The highest BCUT2D eigenvalue weighted by atomic mass is 32.2. The monoisotopic (exact) mass is 308 g/mol. The topological polar surface area (TPSA) is 57.7 Å². The van der Waals surface area contributed by atoms with E-state index in [2.05, 4.69) is 0 Å². The van der Waals surface area contributed by atoms with Crippen LogP contribution in [0.3, 0.4) is 0 Å². The van der Waals surface area contributed by atoms with Crippen molar-refractivity contribution in [3.63, 3.8) is 0 Å². The Bertz CT molecular complexity index is 606. The molecule has 7 heteroatoms. The Kier molecular flexibility index (Phi) is 3.67. The molecule has 1 unspecified atom stereocenters. The standard InChI is InChI=1S/C14H13FN2O3S/c15-11-4-2-1-3-10(11)13(19)16-6-5-9(7-16)17-12(18)8-21-14(17)20/h1-4,9H,5-8H2. The lowest BCUT2D eigenvalue weighted by Crippen LogP contribution is -2.41. The molecular formula is C14H13FN2O3S. The third-order valence-electron chi connectivity index (χ3n) is 3.70. The van der Waals surface area contributed by atoms with Crippen LogP contribution in [0.15, 0.2) is 24.3 Å². The van der Waals surface area contributed by atoms with Gasteiger partial charge in [-0.05, 0) is 18.6 Å². The minimum absolute atomic E-state index is 0.0200. The molecule has 1 aromatic rings.